The van der Waals surface area contributed by atoms with Gasteiger partial charge in [-0.05, 0) is 42.5 Å². The van der Waals surface area contributed by atoms with Crippen LogP contribution in [0.3, 0.4) is 0 Å². The van der Waals surface area contributed by atoms with E-state index in [4.69, 9.17) is 10.00 Å². The molecule has 0 bridgehead atoms. The second-order valence-electron chi connectivity index (χ2n) is 5.65. The van der Waals surface area contributed by atoms with Gasteiger partial charge in [-0.1, -0.05) is 12.1 Å². The molecule has 1 fully saturated rings. The maximum absolute atomic E-state index is 13.1. The third kappa shape index (κ3) is 3.84. The number of hydrogen-bond donors (Lipinski definition) is 0. The van der Waals surface area contributed by atoms with Gasteiger partial charge in [-0.25, -0.2) is 8.42 Å². The predicted octanol–water partition coefficient (Wildman–Crippen LogP) is 2.99. The molecule has 1 aliphatic heterocycles. The maximum atomic E-state index is 13.1. The molecule has 0 unspecified atom stereocenters. The standard InChI is InChI=1S/C17H18N2O3S2/c18-11-14-4-1-7-17(10-14)24(20,21)19(12-15-5-2-8-22-15)13-16-6-3-9-23-16/h1,3-4,6-7,9-10,15H,2,5,8,12-13H2/t15-/m0/s1. The molecule has 0 N–H and O–H groups in total. The average molecular weight is 362 g/mol. The zero-order valence-electron chi connectivity index (χ0n) is 13.1. The van der Waals surface area contributed by atoms with Gasteiger partial charge in [0.05, 0.1) is 22.6 Å². The summed E-state index contributed by atoms with van der Waals surface area (Å²) in [6.07, 6.45) is 1.76. The second-order valence-corrected chi connectivity index (χ2v) is 8.62. The number of nitrogens with zero attached hydrogens (tertiary/aromatic N) is 2. The number of hydrogen-bond acceptors (Lipinski definition) is 5. The first kappa shape index (κ1) is 17.1. The second kappa shape index (κ2) is 7.45. The Morgan fingerprint density at radius 1 is 1.33 bits per heavy atom. The summed E-state index contributed by atoms with van der Waals surface area (Å²) < 4.78 is 33.2. The number of rotatable bonds is 6. The van der Waals surface area contributed by atoms with E-state index in [2.05, 4.69) is 0 Å². The van der Waals surface area contributed by atoms with Crippen molar-refractivity contribution in [3.05, 3.63) is 52.2 Å². The Hall–Kier alpha value is -1.72. The molecule has 0 aliphatic carbocycles. The number of sulfonamides is 1. The lowest BCUT2D eigenvalue weighted by atomic mass is 10.2. The Bertz CT molecular complexity index is 820. The third-order valence-corrected chi connectivity index (χ3v) is 6.61. The van der Waals surface area contributed by atoms with Gasteiger partial charge in [0.1, 0.15) is 0 Å². The topological polar surface area (TPSA) is 70.4 Å². The number of thiophene rings is 1. The summed E-state index contributed by atoms with van der Waals surface area (Å²) in [7, 11) is -3.69. The van der Waals surface area contributed by atoms with Crippen molar-refractivity contribution in [1.82, 2.24) is 4.31 Å². The quantitative estimate of drug-likeness (QED) is 0.792. The minimum atomic E-state index is -3.69. The van der Waals surface area contributed by atoms with Gasteiger partial charge < -0.3 is 4.74 Å². The fourth-order valence-electron chi connectivity index (χ4n) is 2.71. The van der Waals surface area contributed by atoms with E-state index in [1.807, 2.05) is 23.6 Å². The van der Waals surface area contributed by atoms with E-state index in [1.54, 1.807) is 12.1 Å². The maximum Gasteiger partial charge on any atom is 0.243 e. The van der Waals surface area contributed by atoms with Crippen LogP contribution in [0.2, 0.25) is 0 Å². The molecule has 24 heavy (non-hydrogen) atoms. The van der Waals surface area contributed by atoms with Crippen LogP contribution in [0.15, 0.2) is 46.7 Å². The largest absolute Gasteiger partial charge is 0.377 e. The molecule has 3 rings (SSSR count). The first-order valence-corrected chi connectivity index (χ1v) is 10.1. The van der Waals surface area contributed by atoms with E-state index in [0.717, 1.165) is 17.7 Å². The first-order valence-electron chi connectivity index (χ1n) is 7.74. The van der Waals surface area contributed by atoms with Crippen LogP contribution in [0.5, 0.6) is 0 Å². The SMILES string of the molecule is N#Cc1cccc(S(=O)(=O)N(Cc2cccs2)C[C@@H]2CCCO2)c1. The lowest BCUT2D eigenvalue weighted by molar-refractivity contribution is 0.0927. The molecular formula is C17H18N2O3S2. The van der Waals surface area contributed by atoms with Gasteiger partial charge in [0.25, 0.3) is 0 Å². The highest BCUT2D eigenvalue weighted by Gasteiger charge is 2.29. The zero-order chi connectivity index (χ0) is 17.0. The molecule has 5 nitrogen and oxygen atoms in total. The van der Waals surface area contributed by atoms with Gasteiger partial charge in [0, 0.05) is 24.6 Å². The molecule has 126 valence electrons. The molecule has 2 heterocycles. The summed E-state index contributed by atoms with van der Waals surface area (Å²) in [6, 6.07) is 12.0. The molecule has 1 aromatic heterocycles. The van der Waals surface area contributed by atoms with Crippen molar-refractivity contribution < 1.29 is 13.2 Å². The van der Waals surface area contributed by atoms with Crippen LogP contribution in [0, 0.1) is 11.3 Å². The molecule has 1 aliphatic rings. The number of nitriles is 1. The molecule has 0 saturated carbocycles. The van der Waals surface area contributed by atoms with Crippen molar-refractivity contribution in [2.45, 2.75) is 30.4 Å². The van der Waals surface area contributed by atoms with E-state index < -0.39 is 10.0 Å². The summed E-state index contributed by atoms with van der Waals surface area (Å²) in [4.78, 5) is 1.13. The minimum absolute atomic E-state index is 0.0705. The van der Waals surface area contributed by atoms with Crippen molar-refractivity contribution in [2.24, 2.45) is 0 Å². The monoisotopic (exact) mass is 362 g/mol. The van der Waals surface area contributed by atoms with Crippen LogP contribution in [0.1, 0.15) is 23.3 Å². The highest BCUT2D eigenvalue weighted by molar-refractivity contribution is 7.89. The van der Waals surface area contributed by atoms with Crippen LogP contribution in [0.25, 0.3) is 0 Å². The van der Waals surface area contributed by atoms with Crippen LogP contribution >= 0.6 is 11.3 Å². The summed E-state index contributed by atoms with van der Waals surface area (Å²) in [5.41, 5.74) is 0.337. The molecule has 1 atom stereocenters. The van der Waals surface area contributed by atoms with Gasteiger partial charge in [0.2, 0.25) is 10.0 Å². The summed E-state index contributed by atoms with van der Waals surface area (Å²) in [5.74, 6) is 0. The Morgan fingerprint density at radius 3 is 2.88 bits per heavy atom. The lowest BCUT2D eigenvalue weighted by Crippen LogP contribution is -2.36. The van der Waals surface area contributed by atoms with E-state index in [-0.39, 0.29) is 11.0 Å². The lowest BCUT2D eigenvalue weighted by Gasteiger charge is -2.24. The van der Waals surface area contributed by atoms with E-state index in [1.165, 1.54) is 27.8 Å². The Balaban J connectivity index is 1.90. The summed E-state index contributed by atoms with van der Waals surface area (Å²) >= 11 is 1.53. The highest BCUT2D eigenvalue weighted by Crippen LogP contribution is 2.24. The van der Waals surface area contributed by atoms with Gasteiger partial charge in [-0.15, -0.1) is 11.3 Å². The fraction of sp³-hybridized carbons (Fsp3) is 0.353. The van der Waals surface area contributed by atoms with Gasteiger partial charge in [-0.3, -0.25) is 0 Å². The molecular weight excluding hydrogens is 344 g/mol. The van der Waals surface area contributed by atoms with Crippen molar-refractivity contribution in [3.63, 3.8) is 0 Å². The molecule has 0 spiro atoms. The molecule has 2 aromatic rings. The predicted molar refractivity (Wildman–Crippen MR) is 92.0 cm³/mol. The summed E-state index contributed by atoms with van der Waals surface area (Å²) in [5, 5.41) is 11.0. The number of ether oxygens (including phenoxy) is 1. The molecule has 0 radical (unpaired) electrons. The van der Waals surface area contributed by atoms with Gasteiger partial charge >= 0.3 is 0 Å². The molecule has 1 saturated heterocycles. The summed E-state index contributed by atoms with van der Waals surface area (Å²) in [6.45, 7) is 1.33. The normalized spacial score (nSPS) is 17.9. The van der Waals surface area contributed by atoms with E-state index in [9.17, 15) is 8.42 Å². The van der Waals surface area contributed by atoms with E-state index in [0.29, 0.717) is 25.3 Å². The van der Waals surface area contributed by atoms with Crippen LogP contribution < -0.4 is 0 Å². The third-order valence-electron chi connectivity index (χ3n) is 3.94. The smallest absolute Gasteiger partial charge is 0.243 e. The van der Waals surface area contributed by atoms with Crippen LogP contribution in [-0.4, -0.2) is 32.0 Å². The Labute approximate surface area is 146 Å². The first-order chi connectivity index (χ1) is 11.6. The van der Waals surface area contributed by atoms with Gasteiger partial charge in [-0.2, -0.15) is 9.57 Å². The molecule has 7 heteroatoms. The Morgan fingerprint density at radius 2 is 2.21 bits per heavy atom. The molecule has 0 amide bonds. The minimum Gasteiger partial charge on any atom is -0.377 e. The van der Waals surface area contributed by atoms with Gasteiger partial charge in [0.15, 0.2) is 0 Å². The van der Waals surface area contributed by atoms with E-state index >= 15 is 0 Å². The van der Waals surface area contributed by atoms with Crippen LogP contribution in [-0.2, 0) is 21.3 Å². The molecule has 1 aromatic carbocycles. The zero-order valence-corrected chi connectivity index (χ0v) is 14.7. The Kier molecular flexibility index (Phi) is 5.31. The average Bonchev–Trinajstić information content (AvgIpc) is 3.28. The number of benzene rings is 1. The van der Waals surface area contributed by atoms with Crippen molar-refractivity contribution in [1.29, 1.82) is 5.26 Å². The highest BCUT2D eigenvalue weighted by atomic mass is 32.2. The van der Waals surface area contributed by atoms with Crippen molar-refractivity contribution >= 4 is 21.4 Å². The van der Waals surface area contributed by atoms with Crippen molar-refractivity contribution in [2.75, 3.05) is 13.2 Å². The fourth-order valence-corrected chi connectivity index (χ4v) is 5.01. The van der Waals surface area contributed by atoms with Crippen molar-refractivity contribution in [3.8, 4) is 6.07 Å². The van der Waals surface area contributed by atoms with Crippen LogP contribution in [0.4, 0.5) is 0 Å².